The van der Waals surface area contributed by atoms with E-state index in [1.54, 1.807) is 0 Å². The van der Waals surface area contributed by atoms with Crippen LogP contribution in [0.15, 0.2) is 73.6 Å². The fraction of sp³-hybridized carbons (Fsp3) is 0.462. The van der Waals surface area contributed by atoms with E-state index in [1.807, 2.05) is 25.5 Å². The Balaban J connectivity index is 0.000000168. The number of halogens is 2. The number of likely N-dealkylation sites (N-methyl/N-ethyl adjacent to an activating group) is 1. The lowest BCUT2D eigenvalue weighted by Crippen LogP contribution is -2.49. The molecule has 31 heavy (non-hydrogen) atoms. The number of rotatable bonds is 5. The zero-order valence-corrected chi connectivity index (χ0v) is 19.1. The number of nitrogens with zero attached hydrogens (tertiary/aromatic N) is 2. The van der Waals surface area contributed by atoms with Gasteiger partial charge in [-0.05, 0) is 69.1 Å². The van der Waals surface area contributed by atoms with E-state index in [-0.39, 0.29) is 0 Å². The van der Waals surface area contributed by atoms with Gasteiger partial charge in [0.05, 0.1) is 26.4 Å². The molecule has 0 N–H and O–H groups in total. The Morgan fingerprint density at radius 2 is 1.58 bits per heavy atom. The van der Waals surface area contributed by atoms with Crippen LogP contribution in [0.1, 0.15) is 25.7 Å². The molecule has 0 spiro atoms. The summed E-state index contributed by atoms with van der Waals surface area (Å²) in [5.74, 6) is -1.60. The zero-order valence-electron chi connectivity index (χ0n) is 19.1. The fourth-order valence-electron chi connectivity index (χ4n) is 4.52. The highest BCUT2D eigenvalue weighted by atomic mass is 19.2. The van der Waals surface area contributed by atoms with Gasteiger partial charge < -0.3 is 9.64 Å². The molecule has 4 heterocycles. The smallest absolute Gasteiger partial charge is 0.158 e. The number of piperidine rings is 3. The average Bonchev–Trinajstić information content (AvgIpc) is 3.14. The van der Waals surface area contributed by atoms with Crippen molar-refractivity contribution in [1.29, 1.82) is 0 Å². The standard InChI is InChI=1S/C11H16N.C9H17NO.C6H4F2/c1-5-10-8-9-12(4,7-3)11(10)6-2;1-11-8-9-2-5-10(6-3-9)7-4-9;7-5-3-1-2-4-6(5)8/h5-7H,1-3,8-9H2,4H3;2-8H2,1H3;1-4H/q+1;;. The van der Waals surface area contributed by atoms with Gasteiger partial charge in [-0.25, -0.2) is 8.78 Å². The van der Waals surface area contributed by atoms with E-state index in [2.05, 4.69) is 31.7 Å². The van der Waals surface area contributed by atoms with Gasteiger partial charge in [-0.1, -0.05) is 31.4 Å². The monoisotopic (exact) mass is 431 g/mol. The summed E-state index contributed by atoms with van der Waals surface area (Å²) in [5.41, 5.74) is 3.11. The maximum absolute atomic E-state index is 11.9. The van der Waals surface area contributed by atoms with E-state index >= 15 is 0 Å². The number of allylic oxidation sites excluding steroid dienone is 2. The van der Waals surface area contributed by atoms with Crippen molar-refractivity contribution in [3.05, 3.63) is 85.3 Å². The van der Waals surface area contributed by atoms with E-state index in [9.17, 15) is 8.78 Å². The summed E-state index contributed by atoms with van der Waals surface area (Å²) in [5, 5.41) is 0. The highest BCUT2D eigenvalue weighted by Crippen LogP contribution is 2.39. The lowest BCUT2D eigenvalue weighted by molar-refractivity contribution is -0.810. The Morgan fingerprint density at radius 3 is 1.97 bits per heavy atom. The van der Waals surface area contributed by atoms with Crippen molar-refractivity contribution in [1.82, 2.24) is 4.90 Å². The molecule has 4 aliphatic rings. The molecule has 4 aliphatic heterocycles. The second kappa shape index (κ2) is 11.5. The van der Waals surface area contributed by atoms with Crippen molar-refractivity contribution in [3.63, 3.8) is 0 Å². The Kier molecular flexibility index (Phi) is 9.35. The molecule has 3 fully saturated rings. The van der Waals surface area contributed by atoms with Crippen molar-refractivity contribution in [2.75, 3.05) is 46.9 Å². The van der Waals surface area contributed by atoms with E-state index < -0.39 is 11.6 Å². The van der Waals surface area contributed by atoms with Gasteiger partial charge >= 0.3 is 0 Å². The Hall–Kier alpha value is -2.08. The van der Waals surface area contributed by atoms with Crippen molar-refractivity contribution < 1.29 is 18.0 Å². The average molecular weight is 432 g/mol. The number of ether oxygens (including phenoxy) is 1. The lowest BCUT2D eigenvalue weighted by Gasteiger charge is -2.48. The molecule has 1 unspecified atom stereocenters. The molecule has 1 aromatic carbocycles. The summed E-state index contributed by atoms with van der Waals surface area (Å²) in [4.78, 5) is 2.57. The highest BCUT2D eigenvalue weighted by molar-refractivity contribution is 5.30. The minimum Gasteiger partial charge on any atom is -0.384 e. The molecule has 0 amide bonds. The molecule has 0 saturated carbocycles. The fourth-order valence-corrected chi connectivity index (χ4v) is 4.52. The first-order chi connectivity index (χ1) is 14.8. The first-order valence-electron chi connectivity index (χ1n) is 10.9. The summed E-state index contributed by atoms with van der Waals surface area (Å²) in [6.45, 7) is 17.4. The first-order valence-corrected chi connectivity index (χ1v) is 10.9. The SMILES string of the molecule is C=CC1=C(C=C)[N+](C)(C=C)CC1.COCC12CCN(CC1)CC2.Fc1ccccc1F. The largest absolute Gasteiger partial charge is 0.384 e. The maximum atomic E-state index is 11.9. The molecule has 3 nitrogen and oxygen atoms in total. The van der Waals surface area contributed by atoms with Crippen LogP contribution in [0.2, 0.25) is 0 Å². The van der Waals surface area contributed by atoms with Crippen LogP contribution >= 0.6 is 0 Å². The van der Waals surface area contributed by atoms with Crippen LogP contribution in [0.25, 0.3) is 0 Å². The molecule has 0 radical (unpaired) electrons. The third-order valence-electron chi connectivity index (χ3n) is 6.72. The molecule has 3 saturated heterocycles. The molecule has 170 valence electrons. The molecular weight excluding hydrogens is 394 g/mol. The minimum absolute atomic E-state index is 0.573. The van der Waals surface area contributed by atoms with Crippen molar-refractivity contribution in [2.45, 2.75) is 25.7 Å². The van der Waals surface area contributed by atoms with Gasteiger partial charge in [0.25, 0.3) is 0 Å². The molecule has 0 aliphatic carbocycles. The van der Waals surface area contributed by atoms with E-state index in [1.165, 1.54) is 62.3 Å². The Morgan fingerprint density at radius 1 is 1.03 bits per heavy atom. The quantitative estimate of drug-likeness (QED) is 0.556. The van der Waals surface area contributed by atoms with Gasteiger partial charge in [0, 0.05) is 19.1 Å². The number of hydrogen-bond donors (Lipinski definition) is 0. The number of quaternary nitrogens is 1. The van der Waals surface area contributed by atoms with Gasteiger partial charge in [0.1, 0.15) is 5.70 Å². The summed E-state index contributed by atoms with van der Waals surface area (Å²) in [7, 11) is 3.97. The summed E-state index contributed by atoms with van der Waals surface area (Å²) in [6, 6.07) is 5.04. The molecule has 5 heteroatoms. The van der Waals surface area contributed by atoms with Gasteiger partial charge in [0.2, 0.25) is 0 Å². The maximum Gasteiger partial charge on any atom is 0.158 e. The van der Waals surface area contributed by atoms with E-state index in [4.69, 9.17) is 4.74 Å². The van der Waals surface area contributed by atoms with Crippen LogP contribution in [0, 0.1) is 17.0 Å². The lowest BCUT2D eigenvalue weighted by atomic mass is 9.73. The zero-order chi connectivity index (χ0) is 22.9. The molecule has 2 bridgehead atoms. The van der Waals surface area contributed by atoms with Gasteiger partial charge in [-0.3, -0.25) is 4.48 Å². The topological polar surface area (TPSA) is 12.5 Å². The Bertz CT molecular complexity index is 756. The highest BCUT2D eigenvalue weighted by Gasteiger charge is 2.39. The van der Waals surface area contributed by atoms with Crippen LogP contribution < -0.4 is 0 Å². The number of benzene rings is 1. The second-order valence-electron chi connectivity index (χ2n) is 8.68. The van der Waals surface area contributed by atoms with Crippen molar-refractivity contribution >= 4 is 0 Å². The van der Waals surface area contributed by atoms with Crippen LogP contribution in [-0.2, 0) is 4.74 Å². The van der Waals surface area contributed by atoms with E-state index in [0.717, 1.165) is 36.2 Å². The van der Waals surface area contributed by atoms with E-state index in [0.29, 0.717) is 5.41 Å². The third kappa shape index (κ3) is 6.45. The first kappa shape index (κ1) is 25.2. The predicted octanol–water partition coefficient (Wildman–Crippen LogP) is 5.69. The van der Waals surface area contributed by atoms with Crippen molar-refractivity contribution in [2.24, 2.45) is 5.41 Å². The minimum atomic E-state index is -0.799. The van der Waals surface area contributed by atoms with Gasteiger partial charge in [-0.15, -0.1) is 0 Å². The second-order valence-corrected chi connectivity index (χ2v) is 8.68. The van der Waals surface area contributed by atoms with Crippen LogP contribution in [-0.4, -0.2) is 56.3 Å². The number of methoxy groups -OCH3 is 1. The van der Waals surface area contributed by atoms with Crippen molar-refractivity contribution in [3.8, 4) is 0 Å². The summed E-state index contributed by atoms with van der Waals surface area (Å²) in [6.07, 6.45) is 10.9. The molecule has 0 aromatic heterocycles. The molecule has 5 rings (SSSR count). The molecular formula is C26H37F2N2O+. The normalized spacial score (nSPS) is 28.7. The molecule has 1 atom stereocenters. The van der Waals surface area contributed by atoms with Crippen LogP contribution in [0.5, 0.6) is 0 Å². The number of hydrogen-bond acceptors (Lipinski definition) is 2. The third-order valence-corrected chi connectivity index (χ3v) is 6.72. The van der Waals surface area contributed by atoms with Gasteiger partial charge in [-0.2, -0.15) is 0 Å². The Labute approximate surface area is 186 Å². The number of fused-ring (bicyclic) bond motifs is 3. The van der Waals surface area contributed by atoms with Crippen LogP contribution in [0.3, 0.4) is 0 Å². The van der Waals surface area contributed by atoms with Crippen LogP contribution in [0.4, 0.5) is 8.78 Å². The predicted molar refractivity (Wildman–Crippen MR) is 124 cm³/mol. The summed E-state index contributed by atoms with van der Waals surface area (Å²) >= 11 is 0. The summed E-state index contributed by atoms with van der Waals surface area (Å²) < 4.78 is 30.0. The molecule has 1 aromatic rings. The van der Waals surface area contributed by atoms with Gasteiger partial charge in [0.15, 0.2) is 11.6 Å².